The molecule has 0 aliphatic carbocycles. The number of amides is 2. The molecule has 2 fully saturated rings. The number of benzene rings is 1. The molecular formula is C20H30ClN3O3. The third kappa shape index (κ3) is 5.14. The zero-order chi connectivity index (χ0) is 18.5. The quantitative estimate of drug-likeness (QED) is 0.848. The number of carbonyl (C=O) groups is 2. The predicted molar refractivity (Wildman–Crippen MR) is 108 cm³/mol. The number of ether oxygens (including phenoxy) is 1. The Morgan fingerprint density at radius 3 is 2.48 bits per heavy atom. The minimum atomic E-state index is -0.0170. The maximum Gasteiger partial charge on any atom is 0.257 e. The summed E-state index contributed by atoms with van der Waals surface area (Å²) in [6, 6.07) is 7.76. The van der Waals surface area contributed by atoms with Gasteiger partial charge in [-0.2, -0.15) is 0 Å². The number of para-hydroxylation sites is 1. The molecule has 0 saturated carbocycles. The largest absolute Gasteiger partial charge is 0.493 e. The zero-order valence-electron chi connectivity index (χ0n) is 16.1. The first-order valence-electron chi connectivity index (χ1n) is 9.63. The number of hydrogen-bond acceptors (Lipinski definition) is 4. The van der Waals surface area contributed by atoms with E-state index in [4.69, 9.17) is 4.74 Å². The molecule has 6 nitrogen and oxygen atoms in total. The third-order valence-electron chi connectivity index (χ3n) is 5.27. The Hall–Kier alpha value is -1.79. The fourth-order valence-electron chi connectivity index (χ4n) is 3.84. The molecule has 2 aliphatic heterocycles. The standard InChI is InChI=1S/C20H29N3O3.ClH/c1-3-26-18-7-5-4-6-17(18)20(25)23-12-10-22(11-13-23)19(24)16-8-9-21-15(2)14-16;/h4-7,15-16,21H,3,8-14H2,1-2H3;1H/t15-,16-;/m0./s1. The van der Waals surface area contributed by atoms with E-state index in [0.29, 0.717) is 50.1 Å². The van der Waals surface area contributed by atoms with Crippen molar-refractivity contribution in [2.45, 2.75) is 32.7 Å². The molecule has 2 aliphatic rings. The van der Waals surface area contributed by atoms with Gasteiger partial charge < -0.3 is 19.9 Å². The maximum absolute atomic E-state index is 12.9. The molecule has 1 N–H and O–H groups in total. The molecule has 0 aromatic heterocycles. The first-order valence-corrected chi connectivity index (χ1v) is 9.63. The molecular weight excluding hydrogens is 366 g/mol. The van der Waals surface area contributed by atoms with Gasteiger partial charge in [-0.3, -0.25) is 9.59 Å². The molecule has 0 bridgehead atoms. The summed E-state index contributed by atoms with van der Waals surface area (Å²) in [4.78, 5) is 29.4. The van der Waals surface area contributed by atoms with Crippen LogP contribution in [0.25, 0.3) is 0 Å². The molecule has 0 spiro atoms. The smallest absolute Gasteiger partial charge is 0.257 e. The van der Waals surface area contributed by atoms with Crippen LogP contribution in [0, 0.1) is 5.92 Å². The summed E-state index contributed by atoms with van der Waals surface area (Å²) in [5.41, 5.74) is 0.598. The van der Waals surface area contributed by atoms with Crippen molar-refractivity contribution in [3.63, 3.8) is 0 Å². The van der Waals surface area contributed by atoms with Crippen molar-refractivity contribution in [3.8, 4) is 5.75 Å². The van der Waals surface area contributed by atoms with Gasteiger partial charge in [-0.25, -0.2) is 0 Å². The second-order valence-electron chi connectivity index (χ2n) is 7.12. The van der Waals surface area contributed by atoms with E-state index >= 15 is 0 Å². The van der Waals surface area contributed by atoms with Crippen molar-refractivity contribution < 1.29 is 14.3 Å². The lowest BCUT2D eigenvalue weighted by Gasteiger charge is -2.38. The van der Waals surface area contributed by atoms with E-state index in [1.807, 2.05) is 34.9 Å². The van der Waals surface area contributed by atoms with Crippen molar-refractivity contribution in [3.05, 3.63) is 29.8 Å². The highest BCUT2D eigenvalue weighted by molar-refractivity contribution is 5.97. The number of nitrogens with zero attached hydrogens (tertiary/aromatic N) is 2. The van der Waals surface area contributed by atoms with E-state index in [0.717, 1.165) is 19.4 Å². The van der Waals surface area contributed by atoms with Crippen LogP contribution in [-0.4, -0.2) is 67.0 Å². The van der Waals surface area contributed by atoms with Gasteiger partial charge >= 0.3 is 0 Å². The fourth-order valence-corrected chi connectivity index (χ4v) is 3.84. The highest BCUT2D eigenvalue weighted by Gasteiger charge is 2.31. The van der Waals surface area contributed by atoms with Crippen LogP contribution in [0.5, 0.6) is 5.75 Å². The lowest BCUT2D eigenvalue weighted by Crippen LogP contribution is -2.53. The molecule has 1 aromatic rings. The van der Waals surface area contributed by atoms with Gasteiger partial charge in [0.2, 0.25) is 5.91 Å². The van der Waals surface area contributed by atoms with Crippen molar-refractivity contribution in [2.24, 2.45) is 5.92 Å². The van der Waals surface area contributed by atoms with Crippen LogP contribution in [0.2, 0.25) is 0 Å². The Morgan fingerprint density at radius 1 is 1.15 bits per heavy atom. The summed E-state index contributed by atoms with van der Waals surface area (Å²) in [5, 5.41) is 3.39. The van der Waals surface area contributed by atoms with Gasteiger partial charge in [-0.05, 0) is 45.4 Å². The highest BCUT2D eigenvalue weighted by atomic mass is 35.5. The van der Waals surface area contributed by atoms with Gasteiger partial charge in [-0.1, -0.05) is 12.1 Å². The van der Waals surface area contributed by atoms with Gasteiger partial charge in [-0.15, -0.1) is 12.4 Å². The van der Waals surface area contributed by atoms with Gasteiger partial charge in [0.25, 0.3) is 5.91 Å². The molecule has 2 heterocycles. The van der Waals surface area contributed by atoms with Crippen LogP contribution < -0.4 is 10.1 Å². The number of halogens is 1. The molecule has 0 radical (unpaired) electrons. The number of rotatable bonds is 4. The number of hydrogen-bond donors (Lipinski definition) is 1. The van der Waals surface area contributed by atoms with Gasteiger partial charge in [0.05, 0.1) is 12.2 Å². The molecule has 2 atom stereocenters. The number of piperazine rings is 1. The summed E-state index contributed by atoms with van der Waals surface area (Å²) in [7, 11) is 0. The van der Waals surface area contributed by atoms with Crippen LogP contribution in [0.4, 0.5) is 0 Å². The molecule has 150 valence electrons. The van der Waals surface area contributed by atoms with E-state index < -0.39 is 0 Å². The van der Waals surface area contributed by atoms with E-state index in [2.05, 4.69) is 12.2 Å². The second kappa shape index (κ2) is 9.95. The van der Waals surface area contributed by atoms with E-state index in [1.165, 1.54) is 0 Å². The van der Waals surface area contributed by atoms with Crippen molar-refractivity contribution in [2.75, 3.05) is 39.3 Å². The highest BCUT2D eigenvalue weighted by Crippen LogP contribution is 2.22. The maximum atomic E-state index is 12.9. The zero-order valence-corrected chi connectivity index (χ0v) is 17.0. The molecule has 7 heteroatoms. The van der Waals surface area contributed by atoms with Gasteiger partial charge in [0, 0.05) is 38.1 Å². The van der Waals surface area contributed by atoms with Crippen LogP contribution in [0.1, 0.15) is 37.0 Å². The minimum Gasteiger partial charge on any atom is -0.493 e. The monoisotopic (exact) mass is 395 g/mol. The van der Waals surface area contributed by atoms with E-state index in [-0.39, 0.29) is 30.1 Å². The lowest BCUT2D eigenvalue weighted by atomic mass is 9.92. The predicted octanol–water partition coefficient (Wildman–Crippen LogP) is 2.18. The second-order valence-corrected chi connectivity index (χ2v) is 7.12. The minimum absolute atomic E-state index is 0. The van der Waals surface area contributed by atoms with E-state index in [9.17, 15) is 9.59 Å². The first kappa shape index (κ1) is 21.5. The first-order chi connectivity index (χ1) is 12.6. The Labute approximate surface area is 167 Å². The Balaban J connectivity index is 0.00000261. The fraction of sp³-hybridized carbons (Fsp3) is 0.600. The molecule has 0 unspecified atom stereocenters. The Bertz CT molecular complexity index is 647. The van der Waals surface area contributed by atoms with Crippen molar-refractivity contribution in [1.82, 2.24) is 15.1 Å². The van der Waals surface area contributed by atoms with Crippen molar-refractivity contribution >= 4 is 24.2 Å². The third-order valence-corrected chi connectivity index (χ3v) is 5.27. The summed E-state index contributed by atoms with van der Waals surface area (Å²) in [6.07, 6.45) is 1.81. The van der Waals surface area contributed by atoms with Crippen LogP contribution in [-0.2, 0) is 4.79 Å². The molecule has 2 saturated heterocycles. The van der Waals surface area contributed by atoms with Gasteiger partial charge in [0.15, 0.2) is 0 Å². The number of carbonyl (C=O) groups excluding carboxylic acids is 2. The summed E-state index contributed by atoms with van der Waals surface area (Å²) in [6.45, 7) is 7.85. The van der Waals surface area contributed by atoms with E-state index in [1.54, 1.807) is 6.07 Å². The summed E-state index contributed by atoms with van der Waals surface area (Å²) >= 11 is 0. The van der Waals surface area contributed by atoms with Crippen LogP contribution in [0.3, 0.4) is 0 Å². The number of nitrogens with one attached hydrogen (secondary N) is 1. The summed E-state index contributed by atoms with van der Waals surface area (Å²) in [5.74, 6) is 0.978. The topological polar surface area (TPSA) is 61.9 Å². The Kier molecular flexibility index (Phi) is 7.92. The molecule has 1 aromatic carbocycles. The average Bonchev–Trinajstić information content (AvgIpc) is 2.68. The van der Waals surface area contributed by atoms with Crippen LogP contribution in [0.15, 0.2) is 24.3 Å². The molecule has 27 heavy (non-hydrogen) atoms. The SMILES string of the molecule is CCOc1ccccc1C(=O)N1CCN(C(=O)[C@H]2CCN[C@@H](C)C2)CC1.Cl. The number of piperidine rings is 1. The van der Waals surface area contributed by atoms with Gasteiger partial charge in [0.1, 0.15) is 5.75 Å². The average molecular weight is 396 g/mol. The molecule has 3 rings (SSSR count). The van der Waals surface area contributed by atoms with Crippen molar-refractivity contribution in [1.29, 1.82) is 0 Å². The van der Waals surface area contributed by atoms with Crippen LogP contribution >= 0.6 is 12.4 Å². The molecule has 2 amide bonds. The lowest BCUT2D eigenvalue weighted by molar-refractivity contribution is -0.138. The normalized spacial score (nSPS) is 22.7. The Morgan fingerprint density at radius 2 is 1.81 bits per heavy atom. The summed E-state index contributed by atoms with van der Waals surface area (Å²) < 4.78 is 5.58.